The molecule has 0 aliphatic carbocycles. The number of halogens is 1. The molecule has 0 spiro atoms. The number of nitrogens with one attached hydrogen (secondary N) is 1. The molecule has 5 heteroatoms. The second kappa shape index (κ2) is 7.86. The minimum Gasteiger partial charge on any atom is -0.448 e. The molecule has 23 heavy (non-hydrogen) atoms. The van der Waals surface area contributed by atoms with E-state index >= 15 is 0 Å². The zero-order valence-corrected chi connectivity index (χ0v) is 13.9. The molecule has 3 rings (SSSR count). The van der Waals surface area contributed by atoms with Crippen molar-refractivity contribution in [2.75, 3.05) is 25.0 Å². The molecule has 4 nitrogen and oxygen atoms in total. The van der Waals surface area contributed by atoms with Gasteiger partial charge in [-0.15, -0.1) is 0 Å². The fourth-order valence-electron chi connectivity index (χ4n) is 3.03. The van der Waals surface area contributed by atoms with Crippen LogP contribution < -0.4 is 5.32 Å². The van der Waals surface area contributed by atoms with Crippen LogP contribution in [0.5, 0.6) is 0 Å². The average Bonchev–Trinajstić information content (AvgIpc) is 3.00. The Morgan fingerprint density at radius 1 is 1.17 bits per heavy atom. The van der Waals surface area contributed by atoms with E-state index in [1.54, 1.807) is 6.07 Å². The summed E-state index contributed by atoms with van der Waals surface area (Å²) in [5, 5.41) is 13.1. The number of hydrogen-bond acceptors (Lipinski definition) is 4. The molecule has 1 aliphatic rings. The van der Waals surface area contributed by atoms with E-state index in [-0.39, 0.29) is 0 Å². The molecule has 0 unspecified atom stereocenters. The lowest BCUT2D eigenvalue weighted by Crippen LogP contribution is -2.34. The predicted molar refractivity (Wildman–Crippen MR) is 92.6 cm³/mol. The summed E-state index contributed by atoms with van der Waals surface area (Å²) < 4.78 is 5.39. The SMILES string of the molecule is OCC1CCN(Cc2ccccc2NCc2ccc(Cl)o2)CC1. The van der Waals surface area contributed by atoms with Gasteiger partial charge in [0.2, 0.25) is 0 Å². The van der Waals surface area contributed by atoms with E-state index < -0.39 is 0 Å². The second-order valence-corrected chi connectivity index (χ2v) is 6.49. The number of nitrogens with zero attached hydrogens (tertiary/aromatic N) is 1. The molecular formula is C18H23ClN2O2. The van der Waals surface area contributed by atoms with Crippen molar-refractivity contribution in [2.45, 2.75) is 25.9 Å². The Morgan fingerprint density at radius 2 is 1.96 bits per heavy atom. The molecule has 1 aromatic carbocycles. The smallest absolute Gasteiger partial charge is 0.193 e. The van der Waals surface area contributed by atoms with Gasteiger partial charge in [-0.2, -0.15) is 0 Å². The van der Waals surface area contributed by atoms with Gasteiger partial charge in [0.1, 0.15) is 5.76 Å². The summed E-state index contributed by atoms with van der Waals surface area (Å²) in [6.45, 7) is 3.97. The number of likely N-dealkylation sites (tertiary alicyclic amines) is 1. The van der Waals surface area contributed by atoms with E-state index in [0.717, 1.165) is 43.9 Å². The fourth-order valence-corrected chi connectivity index (χ4v) is 3.19. The summed E-state index contributed by atoms with van der Waals surface area (Å²) in [5.41, 5.74) is 2.41. The highest BCUT2D eigenvalue weighted by atomic mass is 35.5. The number of piperidine rings is 1. The van der Waals surface area contributed by atoms with Crippen LogP contribution in [0.2, 0.25) is 5.22 Å². The van der Waals surface area contributed by atoms with Crippen LogP contribution in [-0.2, 0) is 13.1 Å². The van der Waals surface area contributed by atoms with Crippen molar-refractivity contribution >= 4 is 17.3 Å². The summed E-state index contributed by atoms with van der Waals surface area (Å²) in [7, 11) is 0. The normalized spacial score (nSPS) is 16.6. The van der Waals surface area contributed by atoms with Gasteiger partial charge in [-0.3, -0.25) is 4.90 Å². The Morgan fingerprint density at radius 3 is 2.65 bits per heavy atom. The number of aliphatic hydroxyl groups is 1. The van der Waals surface area contributed by atoms with Gasteiger partial charge in [0.05, 0.1) is 6.54 Å². The molecule has 0 saturated carbocycles. The third-order valence-corrected chi connectivity index (χ3v) is 4.66. The summed E-state index contributed by atoms with van der Waals surface area (Å²) in [6.07, 6.45) is 2.16. The van der Waals surface area contributed by atoms with E-state index in [1.807, 2.05) is 12.1 Å². The number of aliphatic hydroxyl groups excluding tert-OH is 1. The summed E-state index contributed by atoms with van der Waals surface area (Å²) in [6, 6.07) is 12.0. The number of para-hydroxylation sites is 1. The number of furan rings is 1. The number of hydrogen-bond donors (Lipinski definition) is 2. The van der Waals surface area contributed by atoms with Gasteiger partial charge in [-0.1, -0.05) is 18.2 Å². The standard InChI is InChI=1S/C18H23ClN2O2/c19-18-6-5-16(23-18)11-20-17-4-2-1-3-15(17)12-21-9-7-14(13-22)8-10-21/h1-6,14,20,22H,7-13H2. The van der Waals surface area contributed by atoms with Gasteiger partial charge in [0, 0.05) is 18.8 Å². The van der Waals surface area contributed by atoms with Crippen molar-refractivity contribution in [3.05, 3.63) is 52.9 Å². The lowest BCUT2D eigenvalue weighted by molar-refractivity contribution is 0.127. The van der Waals surface area contributed by atoms with E-state index in [1.165, 1.54) is 5.56 Å². The zero-order chi connectivity index (χ0) is 16.1. The number of rotatable bonds is 6. The van der Waals surface area contributed by atoms with Crippen molar-refractivity contribution in [2.24, 2.45) is 5.92 Å². The molecule has 124 valence electrons. The molecule has 0 bridgehead atoms. The topological polar surface area (TPSA) is 48.6 Å². The van der Waals surface area contributed by atoms with Crippen molar-refractivity contribution in [3.63, 3.8) is 0 Å². The maximum Gasteiger partial charge on any atom is 0.193 e. The first-order valence-corrected chi connectivity index (χ1v) is 8.51. The summed E-state index contributed by atoms with van der Waals surface area (Å²) in [4.78, 5) is 2.45. The summed E-state index contributed by atoms with van der Waals surface area (Å²) in [5.74, 6) is 1.30. The molecule has 1 aromatic heterocycles. The lowest BCUT2D eigenvalue weighted by atomic mass is 9.97. The van der Waals surface area contributed by atoms with Crippen LogP contribution in [0.3, 0.4) is 0 Å². The first-order valence-electron chi connectivity index (χ1n) is 8.14. The zero-order valence-electron chi connectivity index (χ0n) is 13.2. The highest BCUT2D eigenvalue weighted by Gasteiger charge is 2.19. The van der Waals surface area contributed by atoms with Crippen LogP contribution in [0.1, 0.15) is 24.2 Å². The monoisotopic (exact) mass is 334 g/mol. The first kappa shape index (κ1) is 16.4. The molecule has 0 radical (unpaired) electrons. The van der Waals surface area contributed by atoms with Crippen LogP contribution in [0.4, 0.5) is 5.69 Å². The molecule has 1 saturated heterocycles. The molecule has 2 aromatic rings. The molecule has 1 aliphatic heterocycles. The number of benzene rings is 1. The first-order chi connectivity index (χ1) is 11.2. The Bertz CT molecular complexity index is 621. The minimum absolute atomic E-state index is 0.317. The Hall–Kier alpha value is -1.49. The minimum atomic E-state index is 0.317. The molecular weight excluding hydrogens is 312 g/mol. The predicted octanol–water partition coefficient (Wildman–Crippen LogP) is 3.75. The van der Waals surface area contributed by atoms with Crippen LogP contribution >= 0.6 is 11.6 Å². The highest BCUT2D eigenvalue weighted by molar-refractivity contribution is 6.28. The molecule has 2 heterocycles. The van der Waals surface area contributed by atoms with Crippen molar-refractivity contribution < 1.29 is 9.52 Å². The van der Waals surface area contributed by atoms with E-state index in [9.17, 15) is 5.11 Å². The van der Waals surface area contributed by atoms with Gasteiger partial charge in [-0.25, -0.2) is 0 Å². The Kier molecular flexibility index (Phi) is 5.60. The maximum absolute atomic E-state index is 9.24. The van der Waals surface area contributed by atoms with Crippen molar-refractivity contribution in [3.8, 4) is 0 Å². The lowest BCUT2D eigenvalue weighted by Gasteiger charge is -2.31. The molecule has 0 amide bonds. The summed E-state index contributed by atoms with van der Waals surface area (Å²) >= 11 is 5.81. The van der Waals surface area contributed by atoms with Gasteiger partial charge in [0.25, 0.3) is 0 Å². The third-order valence-electron chi connectivity index (χ3n) is 4.46. The third kappa shape index (κ3) is 4.50. The van der Waals surface area contributed by atoms with Gasteiger partial charge < -0.3 is 14.8 Å². The Balaban J connectivity index is 1.59. The number of anilines is 1. The van der Waals surface area contributed by atoms with Crippen molar-refractivity contribution in [1.29, 1.82) is 0 Å². The molecule has 0 atom stereocenters. The van der Waals surface area contributed by atoms with Gasteiger partial charge >= 0.3 is 0 Å². The fraction of sp³-hybridized carbons (Fsp3) is 0.444. The highest BCUT2D eigenvalue weighted by Crippen LogP contribution is 2.23. The molecule has 2 N–H and O–H groups in total. The van der Waals surface area contributed by atoms with Gasteiger partial charge in [-0.05, 0) is 67.2 Å². The van der Waals surface area contributed by atoms with Gasteiger partial charge in [0.15, 0.2) is 5.22 Å². The average molecular weight is 335 g/mol. The molecule has 1 fully saturated rings. The van der Waals surface area contributed by atoms with E-state index in [2.05, 4.69) is 28.4 Å². The van der Waals surface area contributed by atoms with E-state index in [0.29, 0.717) is 24.3 Å². The largest absolute Gasteiger partial charge is 0.448 e. The maximum atomic E-state index is 9.24. The quantitative estimate of drug-likeness (QED) is 0.844. The van der Waals surface area contributed by atoms with Crippen LogP contribution in [0, 0.1) is 5.92 Å². The van der Waals surface area contributed by atoms with Crippen LogP contribution in [0.15, 0.2) is 40.8 Å². The van der Waals surface area contributed by atoms with Crippen LogP contribution in [-0.4, -0.2) is 29.7 Å². The van der Waals surface area contributed by atoms with E-state index in [4.69, 9.17) is 16.0 Å². The van der Waals surface area contributed by atoms with Crippen LogP contribution in [0.25, 0.3) is 0 Å². The Labute approximate surface area is 142 Å². The van der Waals surface area contributed by atoms with Crippen molar-refractivity contribution in [1.82, 2.24) is 4.90 Å². The second-order valence-electron chi connectivity index (χ2n) is 6.12.